The minimum atomic E-state index is 0. The van der Waals surface area contributed by atoms with Crippen molar-refractivity contribution in [2.45, 2.75) is 6.54 Å². The van der Waals surface area contributed by atoms with Crippen LogP contribution in [0.15, 0.2) is 29.3 Å². The van der Waals surface area contributed by atoms with Crippen molar-refractivity contribution in [1.29, 1.82) is 0 Å². The molecule has 114 valence electrons. The number of nitrogens with one attached hydrogen (secondary N) is 3. The maximum absolute atomic E-state index is 5.12. The summed E-state index contributed by atoms with van der Waals surface area (Å²) < 4.78 is 5.12. The third kappa shape index (κ3) is 4.59. The molecule has 0 unspecified atom stereocenters. The third-order valence-corrected chi connectivity index (χ3v) is 2.76. The zero-order valence-electron chi connectivity index (χ0n) is 12.2. The van der Waals surface area contributed by atoms with E-state index in [0.29, 0.717) is 18.3 Å². The lowest BCUT2D eigenvalue weighted by Crippen LogP contribution is -2.34. The molecular formula is C13H19IN6O. The molecule has 1 aromatic heterocycles. The molecule has 1 heterocycles. The lowest BCUT2D eigenvalue weighted by atomic mass is 10.2. The van der Waals surface area contributed by atoms with Gasteiger partial charge in [0.2, 0.25) is 0 Å². The summed E-state index contributed by atoms with van der Waals surface area (Å²) in [6.07, 6.45) is 0. The van der Waals surface area contributed by atoms with Crippen molar-refractivity contribution in [1.82, 2.24) is 25.8 Å². The molecule has 3 N–H and O–H groups in total. The van der Waals surface area contributed by atoms with Gasteiger partial charge in [0.15, 0.2) is 11.8 Å². The fourth-order valence-corrected chi connectivity index (χ4v) is 1.69. The molecule has 2 aromatic rings. The second kappa shape index (κ2) is 8.45. The number of aromatic nitrogens is 3. The van der Waals surface area contributed by atoms with Gasteiger partial charge < -0.3 is 15.4 Å². The van der Waals surface area contributed by atoms with Crippen LogP contribution in [0.3, 0.4) is 0 Å². The van der Waals surface area contributed by atoms with Crippen LogP contribution in [0.5, 0.6) is 5.75 Å². The summed E-state index contributed by atoms with van der Waals surface area (Å²) >= 11 is 0. The van der Waals surface area contributed by atoms with E-state index in [1.807, 2.05) is 24.3 Å². The van der Waals surface area contributed by atoms with Gasteiger partial charge in [0.05, 0.1) is 13.7 Å². The van der Waals surface area contributed by atoms with Gasteiger partial charge in [-0.3, -0.25) is 10.1 Å². The van der Waals surface area contributed by atoms with Crippen molar-refractivity contribution < 1.29 is 4.74 Å². The number of H-pyrrole nitrogens is 1. The molecule has 0 bridgehead atoms. The number of hydrogen-bond acceptors (Lipinski definition) is 4. The van der Waals surface area contributed by atoms with Crippen LogP contribution in [0, 0.1) is 0 Å². The molecule has 0 saturated carbocycles. The van der Waals surface area contributed by atoms with Crippen molar-refractivity contribution in [2.24, 2.45) is 4.99 Å². The molecule has 8 heteroatoms. The van der Waals surface area contributed by atoms with Gasteiger partial charge in [0.25, 0.3) is 0 Å². The van der Waals surface area contributed by atoms with Gasteiger partial charge in [-0.1, -0.05) is 0 Å². The van der Waals surface area contributed by atoms with Crippen molar-refractivity contribution >= 4 is 29.9 Å². The van der Waals surface area contributed by atoms with Gasteiger partial charge in [-0.15, -0.1) is 24.0 Å². The molecule has 0 amide bonds. The SMILES string of the molecule is CN=C(NC)NCc1nc(-c2ccc(OC)cc2)n[nH]1.I. The van der Waals surface area contributed by atoms with E-state index in [9.17, 15) is 0 Å². The van der Waals surface area contributed by atoms with Crippen molar-refractivity contribution in [3.63, 3.8) is 0 Å². The van der Waals surface area contributed by atoms with Gasteiger partial charge in [-0.05, 0) is 24.3 Å². The molecule has 0 aliphatic rings. The summed E-state index contributed by atoms with van der Waals surface area (Å²) in [6, 6.07) is 7.61. The Bertz CT molecular complexity index is 581. The fourth-order valence-electron chi connectivity index (χ4n) is 1.69. The highest BCUT2D eigenvalue weighted by atomic mass is 127. The van der Waals surface area contributed by atoms with E-state index in [-0.39, 0.29) is 24.0 Å². The molecule has 21 heavy (non-hydrogen) atoms. The summed E-state index contributed by atoms with van der Waals surface area (Å²) in [7, 11) is 5.15. The van der Waals surface area contributed by atoms with Crippen LogP contribution in [-0.2, 0) is 6.54 Å². The first-order chi connectivity index (χ1) is 9.76. The molecule has 0 aliphatic heterocycles. The Morgan fingerprint density at radius 1 is 1.33 bits per heavy atom. The molecule has 0 spiro atoms. The first-order valence-corrected chi connectivity index (χ1v) is 6.21. The highest BCUT2D eigenvalue weighted by molar-refractivity contribution is 14.0. The lowest BCUT2D eigenvalue weighted by molar-refractivity contribution is 0.415. The number of nitrogens with zero attached hydrogens (tertiary/aromatic N) is 3. The van der Waals surface area contributed by atoms with Crippen LogP contribution in [0.4, 0.5) is 0 Å². The number of aliphatic imine (C=N–C) groups is 1. The maximum Gasteiger partial charge on any atom is 0.191 e. The molecular weight excluding hydrogens is 383 g/mol. The van der Waals surface area contributed by atoms with Crippen molar-refractivity contribution in [2.75, 3.05) is 21.2 Å². The molecule has 7 nitrogen and oxygen atoms in total. The van der Waals surface area contributed by atoms with E-state index in [4.69, 9.17) is 4.74 Å². The minimum Gasteiger partial charge on any atom is -0.497 e. The average molecular weight is 402 g/mol. The van der Waals surface area contributed by atoms with Crippen LogP contribution >= 0.6 is 24.0 Å². The van der Waals surface area contributed by atoms with E-state index >= 15 is 0 Å². The summed E-state index contributed by atoms with van der Waals surface area (Å²) in [5.74, 6) is 2.91. The minimum absolute atomic E-state index is 0. The number of halogens is 1. The number of benzene rings is 1. The average Bonchev–Trinajstić information content (AvgIpc) is 2.97. The molecule has 0 fully saturated rings. The normalized spacial score (nSPS) is 10.7. The predicted octanol–water partition coefficient (Wildman–Crippen LogP) is 1.39. The fraction of sp³-hybridized carbons (Fsp3) is 0.308. The first-order valence-electron chi connectivity index (χ1n) is 6.21. The third-order valence-electron chi connectivity index (χ3n) is 2.76. The number of aromatic amines is 1. The number of methoxy groups -OCH3 is 1. The molecule has 2 rings (SSSR count). The molecule has 0 aliphatic carbocycles. The molecule has 1 aromatic carbocycles. The molecule has 0 atom stereocenters. The van der Waals surface area contributed by atoms with Gasteiger partial charge in [-0.2, -0.15) is 5.10 Å². The Morgan fingerprint density at radius 2 is 2.05 bits per heavy atom. The van der Waals surface area contributed by atoms with Crippen LogP contribution in [0.2, 0.25) is 0 Å². The van der Waals surface area contributed by atoms with E-state index in [1.54, 1.807) is 21.2 Å². The second-order valence-corrected chi connectivity index (χ2v) is 4.01. The van der Waals surface area contributed by atoms with E-state index < -0.39 is 0 Å². The zero-order chi connectivity index (χ0) is 14.4. The van der Waals surface area contributed by atoms with E-state index in [2.05, 4.69) is 30.8 Å². The largest absolute Gasteiger partial charge is 0.497 e. The standard InChI is InChI=1S/C13H18N6O.HI/c1-14-13(15-2)16-8-11-17-12(19-18-11)9-4-6-10(20-3)7-5-9;/h4-7H,8H2,1-3H3,(H2,14,15,16)(H,17,18,19);1H. The zero-order valence-corrected chi connectivity index (χ0v) is 14.5. The van der Waals surface area contributed by atoms with E-state index in [1.165, 1.54) is 0 Å². The van der Waals surface area contributed by atoms with Crippen LogP contribution in [0.1, 0.15) is 5.82 Å². The Hall–Kier alpha value is -1.84. The summed E-state index contributed by atoms with van der Waals surface area (Å²) in [4.78, 5) is 8.45. The first kappa shape index (κ1) is 17.2. The van der Waals surface area contributed by atoms with Crippen LogP contribution in [0.25, 0.3) is 11.4 Å². The summed E-state index contributed by atoms with van der Waals surface area (Å²) in [5, 5.41) is 13.1. The van der Waals surface area contributed by atoms with Gasteiger partial charge in [-0.25, -0.2) is 4.98 Å². The van der Waals surface area contributed by atoms with Gasteiger partial charge in [0, 0.05) is 19.7 Å². The Labute approximate surface area is 140 Å². The van der Waals surface area contributed by atoms with Crippen molar-refractivity contribution in [3.8, 4) is 17.1 Å². The maximum atomic E-state index is 5.12. The highest BCUT2D eigenvalue weighted by Gasteiger charge is 2.06. The Morgan fingerprint density at radius 3 is 2.62 bits per heavy atom. The monoisotopic (exact) mass is 402 g/mol. The summed E-state index contributed by atoms with van der Waals surface area (Å²) in [5.41, 5.74) is 0.936. The van der Waals surface area contributed by atoms with Gasteiger partial charge >= 0.3 is 0 Å². The Balaban J connectivity index is 0.00000220. The van der Waals surface area contributed by atoms with Crippen molar-refractivity contribution in [3.05, 3.63) is 30.1 Å². The number of guanidine groups is 1. The Kier molecular flexibility index (Phi) is 6.92. The smallest absolute Gasteiger partial charge is 0.191 e. The lowest BCUT2D eigenvalue weighted by Gasteiger charge is -2.05. The van der Waals surface area contributed by atoms with Crippen LogP contribution < -0.4 is 15.4 Å². The molecule has 0 radical (unpaired) electrons. The number of ether oxygens (including phenoxy) is 1. The second-order valence-electron chi connectivity index (χ2n) is 4.01. The topological polar surface area (TPSA) is 87.2 Å². The van der Waals surface area contributed by atoms with E-state index in [0.717, 1.165) is 17.1 Å². The quantitative estimate of drug-likeness (QED) is 0.409. The summed E-state index contributed by atoms with van der Waals surface area (Å²) in [6.45, 7) is 0.524. The van der Waals surface area contributed by atoms with Crippen LogP contribution in [-0.4, -0.2) is 42.3 Å². The highest BCUT2D eigenvalue weighted by Crippen LogP contribution is 2.18. The number of hydrogen-bond donors (Lipinski definition) is 3. The molecule has 0 saturated heterocycles. The predicted molar refractivity (Wildman–Crippen MR) is 93.0 cm³/mol. The van der Waals surface area contributed by atoms with Gasteiger partial charge in [0.1, 0.15) is 11.6 Å². The number of rotatable bonds is 4.